The summed E-state index contributed by atoms with van der Waals surface area (Å²) >= 11 is 1.23. The highest BCUT2D eigenvalue weighted by atomic mass is 32.2. The second kappa shape index (κ2) is 8.44. The molecule has 0 radical (unpaired) electrons. The zero-order chi connectivity index (χ0) is 21.4. The van der Waals surface area contributed by atoms with E-state index in [0.29, 0.717) is 4.21 Å². The molecule has 2 aromatic heterocycles. The van der Waals surface area contributed by atoms with E-state index in [4.69, 9.17) is 4.98 Å². The second-order valence-corrected chi connectivity index (χ2v) is 12.3. The summed E-state index contributed by atoms with van der Waals surface area (Å²) in [5.74, 6) is 1.83. The van der Waals surface area contributed by atoms with E-state index in [1.165, 1.54) is 43.4 Å². The number of nitrogens with one attached hydrogen (secondary N) is 1. The lowest BCUT2D eigenvalue weighted by Gasteiger charge is -2.26. The minimum atomic E-state index is -3.47. The molecule has 1 aromatic carbocycles. The molecule has 30 heavy (non-hydrogen) atoms. The number of thiophene rings is 1. The topological polar surface area (TPSA) is 64.0 Å². The van der Waals surface area contributed by atoms with Crippen molar-refractivity contribution < 1.29 is 8.42 Å². The van der Waals surface area contributed by atoms with Crippen LogP contribution in [0.4, 0.5) is 0 Å². The molecule has 0 bridgehead atoms. The predicted octanol–water partition coefficient (Wildman–Crippen LogP) is 5.45. The van der Waals surface area contributed by atoms with Crippen LogP contribution in [0.15, 0.2) is 39.9 Å². The Balaban J connectivity index is 1.61. The molecule has 1 saturated carbocycles. The normalized spacial score (nSPS) is 16.4. The maximum Gasteiger partial charge on any atom is 0.250 e. The number of rotatable bonds is 6. The summed E-state index contributed by atoms with van der Waals surface area (Å²) in [6.45, 7) is 7.91. The summed E-state index contributed by atoms with van der Waals surface area (Å²) in [6.07, 6.45) is 6.61. The number of sulfonamides is 1. The van der Waals surface area contributed by atoms with Crippen LogP contribution in [0, 0.1) is 5.92 Å². The summed E-state index contributed by atoms with van der Waals surface area (Å²) in [7, 11) is -3.47. The van der Waals surface area contributed by atoms with Crippen LogP contribution in [0.25, 0.3) is 11.0 Å². The van der Waals surface area contributed by atoms with Crippen molar-refractivity contribution >= 4 is 32.4 Å². The highest BCUT2D eigenvalue weighted by Gasteiger charge is 2.25. The molecule has 2 heterocycles. The van der Waals surface area contributed by atoms with Crippen molar-refractivity contribution in [2.45, 2.75) is 75.6 Å². The number of nitrogens with zero attached hydrogens (tertiary/aromatic N) is 2. The van der Waals surface area contributed by atoms with Crippen LogP contribution in [-0.4, -0.2) is 18.0 Å². The Hall–Kier alpha value is -1.70. The molecule has 0 spiro atoms. The third-order valence-electron chi connectivity index (χ3n) is 5.88. The number of hydrogen-bond donors (Lipinski definition) is 1. The molecule has 4 rings (SSSR count). The summed E-state index contributed by atoms with van der Waals surface area (Å²) in [5, 5.41) is 1.77. The van der Waals surface area contributed by atoms with Crippen molar-refractivity contribution in [1.82, 2.24) is 14.3 Å². The van der Waals surface area contributed by atoms with E-state index in [2.05, 4.69) is 36.1 Å². The molecule has 1 aliphatic rings. The molecule has 0 saturated heterocycles. The van der Waals surface area contributed by atoms with Gasteiger partial charge in [-0.05, 0) is 47.9 Å². The van der Waals surface area contributed by atoms with Crippen molar-refractivity contribution in [1.29, 1.82) is 0 Å². The molecule has 3 aromatic rings. The van der Waals surface area contributed by atoms with Crippen LogP contribution in [0.1, 0.15) is 64.3 Å². The molecule has 0 unspecified atom stereocenters. The quantitative estimate of drug-likeness (QED) is 0.548. The highest BCUT2D eigenvalue weighted by molar-refractivity contribution is 7.91. The smallest absolute Gasteiger partial charge is 0.250 e. The van der Waals surface area contributed by atoms with Crippen LogP contribution < -0.4 is 4.72 Å². The fourth-order valence-electron chi connectivity index (χ4n) is 4.34. The lowest BCUT2D eigenvalue weighted by atomic mass is 9.88. The standard InChI is InChI=1S/C23H31N3O2S2/c1-23(2,3)22-25-19-14-18(15-24-30(27,28)21-10-7-13-29-21)11-12-20(19)26(22)16-17-8-5-4-6-9-17/h7,10-14,17,24H,4-6,8-9,15-16H2,1-3H3. The fourth-order valence-corrected chi connectivity index (χ4v) is 6.39. The molecule has 7 heteroatoms. The number of fused-ring (bicyclic) bond motifs is 1. The van der Waals surface area contributed by atoms with Gasteiger partial charge in [0, 0.05) is 18.5 Å². The first-order chi connectivity index (χ1) is 14.2. The van der Waals surface area contributed by atoms with Gasteiger partial charge >= 0.3 is 0 Å². The van der Waals surface area contributed by atoms with Gasteiger partial charge in [-0.2, -0.15) is 0 Å². The van der Waals surface area contributed by atoms with Crippen molar-refractivity contribution in [2.75, 3.05) is 0 Å². The van der Waals surface area contributed by atoms with E-state index < -0.39 is 10.0 Å². The Morgan fingerprint density at radius 3 is 2.60 bits per heavy atom. The van der Waals surface area contributed by atoms with E-state index in [1.54, 1.807) is 17.5 Å². The van der Waals surface area contributed by atoms with Gasteiger partial charge in [-0.15, -0.1) is 11.3 Å². The number of hydrogen-bond acceptors (Lipinski definition) is 4. The van der Waals surface area contributed by atoms with Crippen molar-refractivity contribution in [3.8, 4) is 0 Å². The molecular formula is C23H31N3O2S2. The van der Waals surface area contributed by atoms with E-state index >= 15 is 0 Å². The number of imidazole rings is 1. The lowest BCUT2D eigenvalue weighted by Crippen LogP contribution is -2.23. The molecule has 0 atom stereocenters. The third-order valence-corrected chi connectivity index (χ3v) is 8.67. The van der Waals surface area contributed by atoms with Gasteiger partial charge in [0.2, 0.25) is 10.0 Å². The van der Waals surface area contributed by atoms with Crippen LogP contribution >= 0.6 is 11.3 Å². The van der Waals surface area contributed by atoms with Crippen LogP contribution in [0.2, 0.25) is 0 Å². The zero-order valence-corrected chi connectivity index (χ0v) is 19.7. The van der Waals surface area contributed by atoms with Gasteiger partial charge in [0.25, 0.3) is 0 Å². The van der Waals surface area contributed by atoms with Crippen LogP contribution in [-0.2, 0) is 28.5 Å². The van der Waals surface area contributed by atoms with Gasteiger partial charge in [0.15, 0.2) is 0 Å². The van der Waals surface area contributed by atoms with E-state index in [9.17, 15) is 8.42 Å². The first-order valence-electron chi connectivity index (χ1n) is 10.8. The van der Waals surface area contributed by atoms with Crippen LogP contribution in [0.5, 0.6) is 0 Å². The second-order valence-electron chi connectivity index (χ2n) is 9.38. The number of aromatic nitrogens is 2. The molecule has 162 valence electrons. The van der Waals surface area contributed by atoms with E-state index in [1.807, 2.05) is 12.1 Å². The van der Waals surface area contributed by atoms with Crippen molar-refractivity contribution in [3.05, 3.63) is 47.1 Å². The summed E-state index contributed by atoms with van der Waals surface area (Å²) in [4.78, 5) is 4.99. The van der Waals surface area contributed by atoms with Gasteiger partial charge in [-0.1, -0.05) is 52.2 Å². The lowest BCUT2D eigenvalue weighted by molar-refractivity contribution is 0.313. The molecule has 1 N–H and O–H groups in total. The van der Waals surface area contributed by atoms with E-state index in [-0.39, 0.29) is 12.0 Å². The maximum atomic E-state index is 12.4. The van der Waals surface area contributed by atoms with Crippen molar-refractivity contribution in [2.24, 2.45) is 5.92 Å². The maximum absolute atomic E-state index is 12.4. The predicted molar refractivity (Wildman–Crippen MR) is 123 cm³/mol. The minimum absolute atomic E-state index is 0.0470. The summed E-state index contributed by atoms with van der Waals surface area (Å²) in [6, 6.07) is 9.52. The Bertz CT molecular complexity index is 1100. The monoisotopic (exact) mass is 445 g/mol. The molecule has 0 aliphatic heterocycles. The Labute approximate surface area is 183 Å². The highest BCUT2D eigenvalue weighted by Crippen LogP contribution is 2.31. The molecule has 1 aliphatic carbocycles. The number of benzene rings is 1. The van der Waals surface area contributed by atoms with Gasteiger partial charge in [0.05, 0.1) is 11.0 Å². The van der Waals surface area contributed by atoms with E-state index in [0.717, 1.165) is 34.9 Å². The fraction of sp³-hybridized carbons (Fsp3) is 0.522. The van der Waals surface area contributed by atoms with Gasteiger partial charge < -0.3 is 4.57 Å². The van der Waals surface area contributed by atoms with Crippen molar-refractivity contribution in [3.63, 3.8) is 0 Å². The largest absolute Gasteiger partial charge is 0.327 e. The third kappa shape index (κ3) is 4.63. The summed E-state index contributed by atoms with van der Waals surface area (Å²) < 4.78 is 30.3. The van der Waals surface area contributed by atoms with Gasteiger partial charge in [-0.25, -0.2) is 18.1 Å². The Morgan fingerprint density at radius 1 is 1.17 bits per heavy atom. The minimum Gasteiger partial charge on any atom is -0.327 e. The Morgan fingerprint density at radius 2 is 1.93 bits per heavy atom. The molecule has 0 amide bonds. The van der Waals surface area contributed by atoms with Gasteiger partial charge in [0.1, 0.15) is 10.0 Å². The molecule has 1 fully saturated rings. The zero-order valence-electron chi connectivity index (χ0n) is 18.0. The summed E-state index contributed by atoms with van der Waals surface area (Å²) in [5.41, 5.74) is 2.97. The SMILES string of the molecule is CC(C)(C)c1nc2cc(CNS(=O)(=O)c3cccs3)ccc2n1CC1CCCCC1. The average molecular weight is 446 g/mol. The Kier molecular flexibility index (Phi) is 6.06. The van der Waals surface area contributed by atoms with Crippen LogP contribution in [0.3, 0.4) is 0 Å². The average Bonchev–Trinajstić information content (AvgIpc) is 3.36. The first-order valence-corrected chi connectivity index (χ1v) is 13.1. The first kappa shape index (κ1) is 21.5. The van der Waals surface area contributed by atoms with Gasteiger partial charge in [-0.3, -0.25) is 0 Å². The molecular weight excluding hydrogens is 414 g/mol. The molecule has 5 nitrogen and oxygen atoms in total.